The first-order chi connectivity index (χ1) is 7.34. The van der Waals surface area contributed by atoms with Gasteiger partial charge in [0.2, 0.25) is 0 Å². The van der Waals surface area contributed by atoms with E-state index in [1.165, 1.54) is 11.6 Å². The smallest absolute Gasteiger partial charge is 0.330 e. The van der Waals surface area contributed by atoms with Crippen LogP contribution in [0.1, 0.15) is 18.4 Å². The van der Waals surface area contributed by atoms with E-state index in [2.05, 4.69) is 12.1 Å². The van der Waals surface area contributed by atoms with Crippen molar-refractivity contribution in [1.82, 2.24) is 0 Å². The fraction of sp³-hybridized carbons (Fsp3) is 0.308. The van der Waals surface area contributed by atoms with Gasteiger partial charge in [-0.1, -0.05) is 36.4 Å². The number of carbonyl (C=O) groups is 1. The minimum atomic E-state index is -0.209. The Hall–Kier alpha value is -1.57. The van der Waals surface area contributed by atoms with Crippen molar-refractivity contribution >= 4 is 5.97 Å². The molecule has 0 fully saturated rings. The molecule has 1 aromatic rings. The Bertz CT molecular complexity index is 354. The summed E-state index contributed by atoms with van der Waals surface area (Å²) in [5.74, 6) is -0.209. The second-order valence-electron chi connectivity index (χ2n) is 3.72. The molecule has 0 bridgehead atoms. The summed E-state index contributed by atoms with van der Waals surface area (Å²) in [4.78, 5) is 11.0. The van der Waals surface area contributed by atoms with E-state index >= 15 is 0 Å². The van der Waals surface area contributed by atoms with E-state index in [0.29, 0.717) is 0 Å². The lowest BCUT2D eigenvalue weighted by atomic mass is 10.0. The third-order valence-corrected chi connectivity index (χ3v) is 2.53. The van der Waals surface area contributed by atoms with Gasteiger partial charge in [0.05, 0.1) is 0 Å². The van der Waals surface area contributed by atoms with Crippen molar-refractivity contribution in [3.8, 4) is 0 Å². The molecule has 0 spiro atoms. The second kappa shape index (κ2) is 4.78. The molecule has 15 heavy (non-hydrogen) atoms. The maximum Gasteiger partial charge on any atom is 0.330 e. The summed E-state index contributed by atoms with van der Waals surface area (Å²) in [5.41, 5.74) is 1.29. The molecule has 0 aromatic heterocycles. The van der Waals surface area contributed by atoms with Crippen LogP contribution >= 0.6 is 0 Å². The predicted octanol–water partition coefficient (Wildman–Crippen LogP) is 2.49. The van der Waals surface area contributed by atoms with Gasteiger partial charge in [0, 0.05) is 12.5 Å². The lowest BCUT2D eigenvalue weighted by molar-refractivity contribution is -0.144. The first-order valence-electron chi connectivity index (χ1n) is 5.25. The highest BCUT2D eigenvalue weighted by molar-refractivity contribution is 5.82. The lowest BCUT2D eigenvalue weighted by Gasteiger charge is -2.18. The Morgan fingerprint density at radius 3 is 2.80 bits per heavy atom. The van der Waals surface area contributed by atoms with Crippen LogP contribution in [0.4, 0.5) is 0 Å². The molecule has 1 aliphatic rings. The van der Waals surface area contributed by atoms with Crippen molar-refractivity contribution in [1.29, 1.82) is 0 Å². The van der Waals surface area contributed by atoms with Crippen LogP contribution in [0.5, 0.6) is 0 Å². The molecule has 2 nitrogen and oxygen atoms in total. The monoisotopic (exact) mass is 202 g/mol. The summed E-state index contributed by atoms with van der Waals surface area (Å²) < 4.78 is 5.18. The van der Waals surface area contributed by atoms with Gasteiger partial charge in [-0.3, -0.25) is 0 Å². The first-order valence-corrected chi connectivity index (χ1v) is 5.25. The number of rotatable bonds is 3. The summed E-state index contributed by atoms with van der Waals surface area (Å²) in [6.07, 6.45) is 6.16. The molecule has 2 rings (SSSR count). The van der Waals surface area contributed by atoms with Crippen LogP contribution in [0.15, 0.2) is 42.5 Å². The van der Waals surface area contributed by atoms with Crippen molar-refractivity contribution < 1.29 is 9.53 Å². The standard InChI is InChI=1S/C13H14O2/c14-13-8-4-7-12(15-13)10-9-11-5-2-1-3-6-11/h1-6,8,12H,7,9-10H2/t12-/m1/s1. The molecule has 0 aliphatic carbocycles. The topological polar surface area (TPSA) is 26.3 Å². The average molecular weight is 202 g/mol. The molecule has 1 aromatic carbocycles. The van der Waals surface area contributed by atoms with Crippen LogP contribution in [0, 0.1) is 0 Å². The number of carbonyl (C=O) groups excluding carboxylic acids is 1. The Labute approximate surface area is 89.6 Å². The van der Waals surface area contributed by atoms with Gasteiger partial charge >= 0.3 is 5.97 Å². The highest BCUT2D eigenvalue weighted by atomic mass is 16.5. The van der Waals surface area contributed by atoms with Crippen LogP contribution in [0.25, 0.3) is 0 Å². The zero-order valence-electron chi connectivity index (χ0n) is 8.56. The van der Waals surface area contributed by atoms with Crippen LogP contribution in [0.2, 0.25) is 0 Å². The molecule has 78 valence electrons. The van der Waals surface area contributed by atoms with E-state index in [9.17, 15) is 4.79 Å². The average Bonchev–Trinajstić information content (AvgIpc) is 2.28. The number of cyclic esters (lactones) is 1. The van der Waals surface area contributed by atoms with E-state index in [1.807, 2.05) is 24.3 Å². The van der Waals surface area contributed by atoms with Gasteiger partial charge in [0.15, 0.2) is 0 Å². The number of hydrogen-bond donors (Lipinski definition) is 0. The van der Waals surface area contributed by atoms with Gasteiger partial charge in [-0.2, -0.15) is 0 Å². The fourth-order valence-electron chi connectivity index (χ4n) is 1.72. The van der Waals surface area contributed by atoms with Crippen molar-refractivity contribution in [2.75, 3.05) is 0 Å². The Kier molecular flexibility index (Phi) is 3.18. The fourth-order valence-corrected chi connectivity index (χ4v) is 1.72. The maximum atomic E-state index is 11.0. The third-order valence-electron chi connectivity index (χ3n) is 2.53. The van der Waals surface area contributed by atoms with Crippen molar-refractivity contribution in [3.05, 3.63) is 48.0 Å². The molecule has 0 unspecified atom stereocenters. The van der Waals surface area contributed by atoms with Crippen LogP contribution in [-0.4, -0.2) is 12.1 Å². The Morgan fingerprint density at radius 1 is 1.27 bits per heavy atom. The molecule has 1 heterocycles. The normalized spacial score (nSPS) is 20.0. The van der Waals surface area contributed by atoms with Crippen molar-refractivity contribution in [3.63, 3.8) is 0 Å². The number of benzene rings is 1. The number of hydrogen-bond acceptors (Lipinski definition) is 2. The van der Waals surface area contributed by atoms with Gasteiger partial charge < -0.3 is 4.74 Å². The Morgan fingerprint density at radius 2 is 2.07 bits per heavy atom. The van der Waals surface area contributed by atoms with Gasteiger partial charge in [0.25, 0.3) is 0 Å². The van der Waals surface area contributed by atoms with Crippen LogP contribution in [-0.2, 0) is 16.0 Å². The van der Waals surface area contributed by atoms with E-state index in [1.54, 1.807) is 0 Å². The van der Waals surface area contributed by atoms with Gasteiger partial charge in [-0.15, -0.1) is 0 Å². The van der Waals surface area contributed by atoms with E-state index in [4.69, 9.17) is 4.74 Å². The van der Waals surface area contributed by atoms with Gasteiger partial charge in [-0.25, -0.2) is 4.79 Å². The highest BCUT2D eigenvalue weighted by Gasteiger charge is 2.15. The summed E-state index contributed by atoms with van der Waals surface area (Å²) in [5, 5.41) is 0. The Balaban J connectivity index is 1.84. The molecule has 0 N–H and O–H groups in total. The molecule has 0 saturated heterocycles. The molecule has 1 aliphatic heterocycles. The molecule has 0 amide bonds. The molecule has 0 radical (unpaired) electrons. The third kappa shape index (κ3) is 2.94. The lowest BCUT2D eigenvalue weighted by Crippen LogP contribution is -2.20. The van der Waals surface area contributed by atoms with E-state index in [-0.39, 0.29) is 12.1 Å². The zero-order valence-corrected chi connectivity index (χ0v) is 8.56. The number of esters is 1. The van der Waals surface area contributed by atoms with E-state index < -0.39 is 0 Å². The van der Waals surface area contributed by atoms with E-state index in [0.717, 1.165) is 19.3 Å². The van der Waals surface area contributed by atoms with Crippen LogP contribution in [0.3, 0.4) is 0 Å². The summed E-state index contributed by atoms with van der Waals surface area (Å²) >= 11 is 0. The second-order valence-corrected chi connectivity index (χ2v) is 3.72. The molecule has 0 saturated carbocycles. The summed E-state index contributed by atoms with van der Waals surface area (Å²) in [7, 11) is 0. The predicted molar refractivity (Wildman–Crippen MR) is 58.4 cm³/mol. The quantitative estimate of drug-likeness (QED) is 0.704. The molecule has 1 atom stereocenters. The van der Waals surface area contributed by atoms with Gasteiger partial charge in [-0.05, 0) is 18.4 Å². The molecular formula is C13H14O2. The minimum Gasteiger partial charge on any atom is -0.459 e. The largest absolute Gasteiger partial charge is 0.459 e. The summed E-state index contributed by atoms with van der Waals surface area (Å²) in [6.45, 7) is 0. The summed E-state index contributed by atoms with van der Waals surface area (Å²) in [6, 6.07) is 10.3. The number of ether oxygens (including phenoxy) is 1. The minimum absolute atomic E-state index is 0.0581. The zero-order chi connectivity index (χ0) is 10.5. The highest BCUT2D eigenvalue weighted by Crippen LogP contribution is 2.14. The van der Waals surface area contributed by atoms with Crippen molar-refractivity contribution in [2.45, 2.75) is 25.4 Å². The number of aryl methyl sites for hydroxylation is 1. The molecule has 2 heteroatoms. The van der Waals surface area contributed by atoms with Crippen molar-refractivity contribution in [2.24, 2.45) is 0 Å². The first kappa shape index (κ1) is 9.97. The van der Waals surface area contributed by atoms with Crippen LogP contribution < -0.4 is 0 Å². The SMILES string of the molecule is O=C1C=CC[C@H](CCc2ccccc2)O1. The van der Waals surface area contributed by atoms with Gasteiger partial charge in [0.1, 0.15) is 6.10 Å². The maximum absolute atomic E-state index is 11.0. The molecular weight excluding hydrogens is 188 g/mol.